The van der Waals surface area contributed by atoms with Crippen molar-refractivity contribution in [3.8, 4) is 11.3 Å². The zero-order valence-electron chi connectivity index (χ0n) is 17.9. The number of likely N-dealkylation sites (tertiary alicyclic amines) is 1. The van der Waals surface area contributed by atoms with E-state index in [0.29, 0.717) is 30.2 Å². The van der Waals surface area contributed by atoms with Crippen LogP contribution in [0.15, 0.2) is 75.3 Å². The van der Waals surface area contributed by atoms with Gasteiger partial charge >= 0.3 is 0 Å². The summed E-state index contributed by atoms with van der Waals surface area (Å²) in [5, 5.41) is 2.82. The number of carbonyl (C=O) groups excluding carboxylic acids is 2. The van der Waals surface area contributed by atoms with Crippen molar-refractivity contribution in [2.24, 2.45) is 0 Å². The molecule has 1 N–H and O–H groups in total. The third kappa shape index (κ3) is 5.37. The SMILES string of the molecule is Cc1ccc(C(=O)N/C(=C\c2ccc(-c3ccc(Br)cc3)o2)C(=O)N2CCCCC2)cc1. The maximum Gasteiger partial charge on any atom is 0.270 e. The molecule has 0 saturated carbocycles. The Morgan fingerprint density at radius 3 is 2.31 bits per heavy atom. The molecule has 2 heterocycles. The number of nitrogens with one attached hydrogen (secondary N) is 1. The van der Waals surface area contributed by atoms with Crippen molar-refractivity contribution >= 4 is 33.8 Å². The zero-order chi connectivity index (χ0) is 22.5. The van der Waals surface area contributed by atoms with Crippen molar-refractivity contribution in [1.29, 1.82) is 0 Å². The molecule has 1 aliphatic rings. The van der Waals surface area contributed by atoms with Crippen LogP contribution >= 0.6 is 15.9 Å². The minimum absolute atomic E-state index is 0.188. The van der Waals surface area contributed by atoms with Crippen LogP contribution in [-0.2, 0) is 4.79 Å². The Kier molecular flexibility index (Phi) is 6.90. The molecule has 2 amide bonds. The van der Waals surface area contributed by atoms with E-state index < -0.39 is 0 Å². The molecule has 0 radical (unpaired) electrons. The largest absolute Gasteiger partial charge is 0.457 e. The topological polar surface area (TPSA) is 62.6 Å². The lowest BCUT2D eigenvalue weighted by Gasteiger charge is -2.27. The number of carbonyl (C=O) groups is 2. The Morgan fingerprint density at radius 1 is 0.938 bits per heavy atom. The van der Waals surface area contributed by atoms with Crippen LogP contribution in [0.5, 0.6) is 0 Å². The van der Waals surface area contributed by atoms with Crippen molar-refractivity contribution in [1.82, 2.24) is 10.2 Å². The molecule has 0 atom stereocenters. The van der Waals surface area contributed by atoms with Gasteiger partial charge in [-0.05, 0) is 62.6 Å². The summed E-state index contributed by atoms with van der Waals surface area (Å²) >= 11 is 3.43. The highest BCUT2D eigenvalue weighted by atomic mass is 79.9. The fourth-order valence-corrected chi connectivity index (χ4v) is 3.92. The fraction of sp³-hybridized carbons (Fsp3) is 0.231. The molecule has 0 spiro atoms. The predicted octanol–water partition coefficient (Wildman–Crippen LogP) is 5.80. The number of benzene rings is 2. The van der Waals surface area contributed by atoms with E-state index in [0.717, 1.165) is 34.9 Å². The quantitative estimate of drug-likeness (QED) is 0.457. The molecule has 0 aliphatic carbocycles. The van der Waals surface area contributed by atoms with Crippen molar-refractivity contribution in [3.05, 3.63) is 87.7 Å². The number of furan rings is 1. The summed E-state index contributed by atoms with van der Waals surface area (Å²) in [5.74, 6) is 0.693. The van der Waals surface area contributed by atoms with E-state index in [-0.39, 0.29) is 17.5 Å². The summed E-state index contributed by atoms with van der Waals surface area (Å²) in [6.45, 7) is 3.35. The molecule has 3 aromatic rings. The van der Waals surface area contributed by atoms with E-state index in [1.807, 2.05) is 49.4 Å². The molecular formula is C26H25BrN2O3. The van der Waals surface area contributed by atoms with Gasteiger partial charge in [0.2, 0.25) is 0 Å². The van der Waals surface area contributed by atoms with Crippen LogP contribution in [0.25, 0.3) is 17.4 Å². The molecule has 164 valence electrons. The highest BCUT2D eigenvalue weighted by molar-refractivity contribution is 9.10. The molecule has 2 aromatic carbocycles. The first kappa shape index (κ1) is 22.1. The summed E-state index contributed by atoms with van der Waals surface area (Å²) in [5.41, 5.74) is 2.72. The summed E-state index contributed by atoms with van der Waals surface area (Å²) in [6.07, 6.45) is 4.68. The highest BCUT2D eigenvalue weighted by Crippen LogP contribution is 2.25. The Balaban J connectivity index is 1.61. The fourth-order valence-electron chi connectivity index (χ4n) is 3.66. The molecule has 6 heteroatoms. The van der Waals surface area contributed by atoms with Gasteiger partial charge in [-0.3, -0.25) is 9.59 Å². The van der Waals surface area contributed by atoms with Crippen LogP contribution in [-0.4, -0.2) is 29.8 Å². The van der Waals surface area contributed by atoms with Crippen molar-refractivity contribution in [3.63, 3.8) is 0 Å². The molecule has 5 nitrogen and oxygen atoms in total. The maximum atomic E-state index is 13.2. The summed E-state index contributed by atoms with van der Waals surface area (Å²) < 4.78 is 6.95. The number of amides is 2. The maximum absolute atomic E-state index is 13.2. The molecule has 0 bridgehead atoms. The average Bonchev–Trinajstić information content (AvgIpc) is 3.28. The van der Waals surface area contributed by atoms with E-state index >= 15 is 0 Å². The molecule has 0 unspecified atom stereocenters. The van der Waals surface area contributed by atoms with E-state index in [2.05, 4.69) is 21.2 Å². The molecule has 1 aromatic heterocycles. The Morgan fingerprint density at radius 2 is 1.62 bits per heavy atom. The summed E-state index contributed by atoms with van der Waals surface area (Å²) in [4.78, 5) is 27.9. The second kappa shape index (κ2) is 10.0. The van der Waals surface area contributed by atoms with Crippen molar-refractivity contribution in [2.75, 3.05) is 13.1 Å². The standard InChI is InChI=1S/C26H25BrN2O3/c1-18-5-7-20(8-6-18)25(30)28-23(26(31)29-15-3-2-4-16-29)17-22-13-14-24(32-22)19-9-11-21(27)12-10-19/h5-14,17H,2-4,15-16H2,1H3,(H,28,30)/b23-17-. The van der Waals surface area contributed by atoms with Crippen LogP contribution in [0.4, 0.5) is 0 Å². The van der Waals surface area contributed by atoms with Crippen LogP contribution in [0, 0.1) is 6.92 Å². The Bertz CT molecular complexity index is 1120. The number of aryl methyl sites for hydroxylation is 1. The third-order valence-electron chi connectivity index (χ3n) is 5.48. The first-order valence-corrected chi connectivity index (χ1v) is 11.5. The first-order chi connectivity index (χ1) is 15.5. The average molecular weight is 493 g/mol. The third-order valence-corrected chi connectivity index (χ3v) is 6.01. The lowest BCUT2D eigenvalue weighted by molar-refractivity contribution is -0.128. The summed E-state index contributed by atoms with van der Waals surface area (Å²) in [6, 6.07) is 18.7. The second-order valence-corrected chi connectivity index (χ2v) is 8.86. The summed E-state index contributed by atoms with van der Waals surface area (Å²) in [7, 11) is 0. The van der Waals surface area contributed by atoms with Gasteiger partial charge in [0, 0.05) is 34.8 Å². The smallest absolute Gasteiger partial charge is 0.270 e. The van der Waals surface area contributed by atoms with Crippen LogP contribution in [0.1, 0.15) is 40.9 Å². The van der Waals surface area contributed by atoms with Crippen molar-refractivity contribution < 1.29 is 14.0 Å². The minimum atomic E-state index is -0.318. The zero-order valence-corrected chi connectivity index (χ0v) is 19.5. The normalized spacial score (nSPS) is 14.3. The lowest BCUT2D eigenvalue weighted by atomic mass is 10.1. The predicted molar refractivity (Wildman–Crippen MR) is 129 cm³/mol. The van der Waals surface area contributed by atoms with Crippen molar-refractivity contribution in [2.45, 2.75) is 26.2 Å². The molecule has 1 saturated heterocycles. The number of piperidine rings is 1. The minimum Gasteiger partial charge on any atom is -0.457 e. The highest BCUT2D eigenvalue weighted by Gasteiger charge is 2.23. The van der Waals surface area contributed by atoms with Gasteiger partial charge < -0.3 is 14.6 Å². The Hall–Kier alpha value is -3.12. The molecule has 4 rings (SSSR count). The van der Waals surface area contributed by atoms with Crippen LogP contribution < -0.4 is 5.32 Å². The molecular weight excluding hydrogens is 468 g/mol. The number of halogens is 1. The van der Waals surface area contributed by atoms with Crippen LogP contribution in [0.2, 0.25) is 0 Å². The second-order valence-electron chi connectivity index (χ2n) is 7.94. The lowest BCUT2D eigenvalue weighted by Crippen LogP contribution is -2.41. The van der Waals surface area contributed by atoms with Gasteiger partial charge in [0.05, 0.1) is 0 Å². The van der Waals surface area contributed by atoms with E-state index in [1.165, 1.54) is 0 Å². The molecule has 1 aliphatic heterocycles. The first-order valence-electron chi connectivity index (χ1n) is 10.7. The van der Waals surface area contributed by atoms with Gasteiger partial charge in [0.1, 0.15) is 17.2 Å². The van der Waals surface area contributed by atoms with Gasteiger partial charge in [0.25, 0.3) is 11.8 Å². The van der Waals surface area contributed by atoms with Gasteiger partial charge in [-0.2, -0.15) is 0 Å². The molecule has 32 heavy (non-hydrogen) atoms. The van der Waals surface area contributed by atoms with Gasteiger partial charge in [0.15, 0.2) is 0 Å². The Labute approximate surface area is 196 Å². The van der Waals surface area contributed by atoms with Gasteiger partial charge in [-0.15, -0.1) is 0 Å². The monoisotopic (exact) mass is 492 g/mol. The molecule has 1 fully saturated rings. The van der Waals surface area contributed by atoms with Gasteiger partial charge in [-0.1, -0.05) is 45.8 Å². The number of nitrogens with zero attached hydrogens (tertiary/aromatic N) is 1. The van der Waals surface area contributed by atoms with Crippen LogP contribution in [0.3, 0.4) is 0 Å². The van der Waals surface area contributed by atoms with E-state index in [4.69, 9.17) is 4.42 Å². The van der Waals surface area contributed by atoms with Gasteiger partial charge in [-0.25, -0.2) is 0 Å². The number of rotatable bonds is 5. The van der Waals surface area contributed by atoms with E-state index in [1.54, 1.807) is 29.2 Å². The number of hydrogen-bond acceptors (Lipinski definition) is 3. The number of hydrogen-bond donors (Lipinski definition) is 1. The van der Waals surface area contributed by atoms with E-state index in [9.17, 15) is 9.59 Å².